The number of ether oxygens (including phenoxy) is 1. The van der Waals surface area contributed by atoms with E-state index in [1.807, 2.05) is 12.1 Å². The molecule has 0 aliphatic carbocycles. The number of nitrogens with zero attached hydrogens (tertiary/aromatic N) is 1. The molecule has 1 N–H and O–H groups in total. The Bertz CT molecular complexity index is 512. The summed E-state index contributed by atoms with van der Waals surface area (Å²) in [5.41, 5.74) is 0.917. The van der Waals surface area contributed by atoms with Crippen molar-refractivity contribution in [2.45, 2.75) is 19.4 Å². The first-order valence-electron chi connectivity index (χ1n) is 6.89. The van der Waals surface area contributed by atoms with Crippen LogP contribution in [-0.2, 0) is 20.9 Å². The Kier molecular flexibility index (Phi) is 5.59. The van der Waals surface area contributed by atoms with Crippen LogP contribution in [0.25, 0.3) is 0 Å². The predicted octanol–water partition coefficient (Wildman–Crippen LogP) is 2.18. The number of piperidine rings is 1. The topological polar surface area (TPSA) is 66.8 Å². The summed E-state index contributed by atoms with van der Waals surface area (Å²) < 4.78 is 5.40. The number of rotatable bonds is 5. The third-order valence-electron chi connectivity index (χ3n) is 3.58. The lowest BCUT2D eigenvalue weighted by Gasteiger charge is -2.30. The molecule has 0 aromatic heterocycles. The Balaban J connectivity index is 1.72. The highest BCUT2D eigenvalue weighted by molar-refractivity contribution is 6.30. The van der Waals surface area contributed by atoms with Gasteiger partial charge in [-0.05, 0) is 30.5 Å². The Morgan fingerprint density at radius 2 is 2.05 bits per heavy atom. The van der Waals surface area contributed by atoms with Crippen molar-refractivity contribution in [2.24, 2.45) is 5.92 Å². The van der Waals surface area contributed by atoms with Gasteiger partial charge in [0.25, 0.3) is 0 Å². The fraction of sp³-hybridized carbons (Fsp3) is 0.467. The molecule has 2 rings (SSSR count). The maximum Gasteiger partial charge on any atom is 0.306 e. The monoisotopic (exact) mass is 311 g/mol. The third kappa shape index (κ3) is 4.72. The molecule has 0 atom stereocenters. The summed E-state index contributed by atoms with van der Waals surface area (Å²) in [6.07, 6.45) is 1.02. The Labute approximate surface area is 128 Å². The fourth-order valence-corrected chi connectivity index (χ4v) is 2.56. The Morgan fingerprint density at radius 1 is 1.33 bits per heavy atom. The second-order valence-corrected chi connectivity index (χ2v) is 5.55. The Morgan fingerprint density at radius 3 is 2.67 bits per heavy atom. The van der Waals surface area contributed by atoms with Crippen molar-refractivity contribution >= 4 is 23.5 Å². The number of amides is 1. The van der Waals surface area contributed by atoms with Gasteiger partial charge in [-0.15, -0.1) is 0 Å². The zero-order valence-corrected chi connectivity index (χ0v) is 12.4. The number of hydrogen-bond donors (Lipinski definition) is 1. The molecule has 1 aromatic rings. The van der Waals surface area contributed by atoms with Crippen molar-refractivity contribution in [1.29, 1.82) is 0 Å². The van der Waals surface area contributed by atoms with Crippen molar-refractivity contribution in [3.05, 3.63) is 34.9 Å². The van der Waals surface area contributed by atoms with Gasteiger partial charge in [0.1, 0.15) is 6.61 Å². The first-order chi connectivity index (χ1) is 10.1. The number of likely N-dealkylation sites (tertiary alicyclic amines) is 1. The van der Waals surface area contributed by atoms with Crippen molar-refractivity contribution in [3.8, 4) is 0 Å². The van der Waals surface area contributed by atoms with Crippen LogP contribution >= 0.6 is 11.6 Å². The number of carboxylic acids is 1. The molecule has 0 bridgehead atoms. The van der Waals surface area contributed by atoms with Gasteiger partial charge in [-0.3, -0.25) is 9.59 Å². The van der Waals surface area contributed by atoms with Crippen molar-refractivity contribution in [1.82, 2.24) is 4.90 Å². The van der Waals surface area contributed by atoms with Crippen molar-refractivity contribution < 1.29 is 19.4 Å². The molecule has 6 heteroatoms. The normalized spacial score (nSPS) is 16.0. The standard InChI is InChI=1S/C15H18ClNO4/c16-13-3-1-2-11(8-13)9-21-10-14(18)17-6-4-12(5-7-17)15(19)20/h1-3,8,12H,4-7,9-10H2,(H,19,20). The molecule has 1 aliphatic rings. The van der Waals surface area contributed by atoms with Crippen molar-refractivity contribution in [3.63, 3.8) is 0 Å². The van der Waals surface area contributed by atoms with Gasteiger partial charge in [0.05, 0.1) is 12.5 Å². The summed E-state index contributed by atoms with van der Waals surface area (Å²) in [5, 5.41) is 9.55. The molecule has 0 radical (unpaired) electrons. The summed E-state index contributed by atoms with van der Waals surface area (Å²) >= 11 is 5.87. The lowest BCUT2D eigenvalue weighted by molar-refractivity contribution is -0.147. The van der Waals surface area contributed by atoms with Gasteiger partial charge in [-0.1, -0.05) is 23.7 Å². The van der Waals surface area contributed by atoms with Crippen LogP contribution in [0.1, 0.15) is 18.4 Å². The molecular formula is C15H18ClNO4. The molecule has 114 valence electrons. The molecule has 0 spiro atoms. The Hall–Kier alpha value is -1.59. The predicted molar refractivity (Wildman–Crippen MR) is 78.0 cm³/mol. The summed E-state index contributed by atoms with van der Waals surface area (Å²) in [6, 6.07) is 7.29. The van der Waals surface area contributed by atoms with E-state index in [4.69, 9.17) is 21.4 Å². The summed E-state index contributed by atoms with van der Waals surface area (Å²) in [7, 11) is 0. The highest BCUT2D eigenvalue weighted by atomic mass is 35.5. The van der Waals surface area contributed by atoms with E-state index in [9.17, 15) is 9.59 Å². The van der Waals surface area contributed by atoms with E-state index in [0.29, 0.717) is 37.6 Å². The summed E-state index contributed by atoms with van der Waals surface area (Å²) in [4.78, 5) is 24.5. The minimum Gasteiger partial charge on any atom is -0.481 e. The molecule has 1 fully saturated rings. The zero-order valence-electron chi connectivity index (χ0n) is 11.6. The van der Waals surface area contributed by atoms with Gasteiger partial charge >= 0.3 is 5.97 Å². The van der Waals surface area contributed by atoms with E-state index < -0.39 is 5.97 Å². The van der Waals surface area contributed by atoms with E-state index in [1.54, 1.807) is 17.0 Å². The largest absolute Gasteiger partial charge is 0.481 e. The van der Waals surface area contributed by atoms with Gasteiger partial charge in [0, 0.05) is 18.1 Å². The molecule has 1 aliphatic heterocycles. The van der Waals surface area contributed by atoms with Crippen LogP contribution < -0.4 is 0 Å². The van der Waals surface area contributed by atoms with E-state index in [2.05, 4.69) is 0 Å². The fourth-order valence-electron chi connectivity index (χ4n) is 2.35. The van der Waals surface area contributed by atoms with E-state index >= 15 is 0 Å². The average Bonchev–Trinajstić information content (AvgIpc) is 2.47. The lowest BCUT2D eigenvalue weighted by Crippen LogP contribution is -2.41. The molecule has 21 heavy (non-hydrogen) atoms. The maximum atomic E-state index is 12.0. The van der Waals surface area contributed by atoms with Gasteiger partial charge in [-0.25, -0.2) is 0 Å². The number of carbonyl (C=O) groups is 2. The molecule has 1 saturated heterocycles. The number of carboxylic acid groups (broad SMARTS) is 1. The van der Waals surface area contributed by atoms with Gasteiger partial charge in [-0.2, -0.15) is 0 Å². The zero-order chi connectivity index (χ0) is 15.2. The molecule has 1 heterocycles. The molecule has 1 aromatic carbocycles. The van der Waals surface area contributed by atoms with E-state index in [1.165, 1.54) is 0 Å². The molecule has 5 nitrogen and oxygen atoms in total. The first-order valence-corrected chi connectivity index (χ1v) is 7.27. The molecular weight excluding hydrogens is 294 g/mol. The first kappa shape index (κ1) is 15.8. The van der Waals surface area contributed by atoms with Crippen LogP contribution in [-0.4, -0.2) is 41.6 Å². The number of benzene rings is 1. The molecule has 0 unspecified atom stereocenters. The second kappa shape index (κ2) is 7.43. The van der Waals surface area contributed by atoms with Crippen LogP contribution in [0.2, 0.25) is 5.02 Å². The maximum absolute atomic E-state index is 12.0. The second-order valence-electron chi connectivity index (χ2n) is 5.12. The third-order valence-corrected chi connectivity index (χ3v) is 3.82. The quantitative estimate of drug-likeness (QED) is 0.905. The average molecular weight is 312 g/mol. The SMILES string of the molecule is O=C(O)C1CCN(C(=O)COCc2cccc(Cl)c2)CC1. The van der Waals surface area contributed by atoms with Crippen LogP contribution in [0.4, 0.5) is 0 Å². The minimum absolute atomic E-state index is 0.00422. The van der Waals surface area contributed by atoms with Crippen LogP contribution in [0, 0.1) is 5.92 Å². The number of hydrogen-bond acceptors (Lipinski definition) is 3. The molecule has 1 amide bonds. The number of carbonyl (C=O) groups excluding carboxylic acids is 1. The highest BCUT2D eigenvalue weighted by Crippen LogP contribution is 2.17. The van der Waals surface area contributed by atoms with Gasteiger partial charge in [0.2, 0.25) is 5.91 Å². The lowest BCUT2D eigenvalue weighted by atomic mass is 9.97. The molecule has 0 saturated carbocycles. The number of aliphatic carboxylic acids is 1. The summed E-state index contributed by atoms with van der Waals surface area (Å²) in [6.45, 7) is 1.30. The minimum atomic E-state index is -0.778. The van der Waals surface area contributed by atoms with Crippen LogP contribution in [0.3, 0.4) is 0 Å². The summed E-state index contributed by atoms with van der Waals surface area (Å²) in [5.74, 6) is -1.21. The highest BCUT2D eigenvalue weighted by Gasteiger charge is 2.26. The van der Waals surface area contributed by atoms with E-state index in [0.717, 1.165) is 5.56 Å². The van der Waals surface area contributed by atoms with Crippen molar-refractivity contribution in [2.75, 3.05) is 19.7 Å². The van der Waals surface area contributed by atoms with E-state index in [-0.39, 0.29) is 18.4 Å². The van der Waals surface area contributed by atoms with Gasteiger partial charge in [0.15, 0.2) is 0 Å². The van der Waals surface area contributed by atoms with Crippen LogP contribution in [0.5, 0.6) is 0 Å². The van der Waals surface area contributed by atoms with Crippen LogP contribution in [0.15, 0.2) is 24.3 Å². The van der Waals surface area contributed by atoms with Gasteiger partial charge < -0.3 is 14.7 Å². The number of halogens is 1. The smallest absolute Gasteiger partial charge is 0.306 e.